The van der Waals surface area contributed by atoms with Gasteiger partial charge < -0.3 is 9.64 Å². The van der Waals surface area contributed by atoms with Crippen molar-refractivity contribution in [2.24, 2.45) is 0 Å². The van der Waals surface area contributed by atoms with Gasteiger partial charge in [-0.05, 0) is 103 Å². The van der Waals surface area contributed by atoms with Crippen molar-refractivity contribution in [2.75, 3.05) is 31.1 Å². The molecule has 0 radical (unpaired) electrons. The highest BCUT2D eigenvalue weighted by Crippen LogP contribution is 2.37. The molecule has 1 saturated heterocycles. The summed E-state index contributed by atoms with van der Waals surface area (Å²) in [7, 11) is 0. The predicted molar refractivity (Wildman–Crippen MR) is 167 cm³/mol. The topological polar surface area (TPSA) is 15.7 Å². The van der Waals surface area contributed by atoms with Gasteiger partial charge in [0.25, 0.3) is 0 Å². The lowest BCUT2D eigenvalue weighted by Crippen LogP contribution is -2.36. The van der Waals surface area contributed by atoms with Gasteiger partial charge in [-0.2, -0.15) is 0 Å². The maximum absolute atomic E-state index is 13.8. The zero-order valence-electron chi connectivity index (χ0n) is 23.7. The molecule has 4 heteroatoms. The summed E-state index contributed by atoms with van der Waals surface area (Å²) in [6.07, 6.45) is 10.4. The van der Waals surface area contributed by atoms with Gasteiger partial charge in [-0.1, -0.05) is 79.2 Å². The van der Waals surface area contributed by atoms with Crippen LogP contribution in [0.25, 0.3) is 6.08 Å². The number of ether oxygens (including phenoxy) is 1. The number of hydrogen-bond acceptors (Lipinski definition) is 3. The van der Waals surface area contributed by atoms with Gasteiger partial charge in [0.15, 0.2) is 0 Å². The molecule has 2 heterocycles. The molecule has 2 aliphatic heterocycles. The van der Waals surface area contributed by atoms with Crippen LogP contribution in [0.5, 0.6) is 5.75 Å². The number of fused-ring (bicyclic) bond motifs is 1. The molecular weight excluding hydrogens is 507 g/mol. The third-order valence-electron chi connectivity index (χ3n) is 8.41. The van der Waals surface area contributed by atoms with Crippen LogP contribution in [-0.2, 0) is 19.4 Å². The third kappa shape index (κ3) is 7.07. The highest BCUT2D eigenvalue weighted by atomic mass is 19.1. The smallest absolute Gasteiger partial charge is 0.123 e. The van der Waals surface area contributed by atoms with E-state index in [0.717, 1.165) is 42.9 Å². The summed E-state index contributed by atoms with van der Waals surface area (Å²) >= 11 is 0. The predicted octanol–water partition coefficient (Wildman–Crippen LogP) is 8.25. The largest absolute Gasteiger partial charge is 0.489 e. The summed E-state index contributed by atoms with van der Waals surface area (Å²) in [4.78, 5) is 4.97. The number of rotatable bonds is 9. The number of halogens is 1. The third-order valence-corrected chi connectivity index (χ3v) is 8.41. The van der Waals surface area contributed by atoms with Crippen LogP contribution in [0.4, 0.5) is 10.1 Å². The fourth-order valence-electron chi connectivity index (χ4n) is 6.15. The molecule has 0 aromatic heterocycles. The summed E-state index contributed by atoms with van der Waals surface area (Å²) in [5.74, 6) is 0.703. The van der Waals surface area contributed by atoms with E-state index in [1.807, 2.05) is 30.3 Å². The molecule has 1 fully saturated rings. The minimum Gasteiger partial charge on any atom is -0.489 e. The monoisotopic (exact) mass is 546 g/mol. The van der Waals surface area contributed by atoms with E-state index in [1.54, 1.807) is 12.1 Å². The maximum Gasteiger partial charge on any atom is 0.123 e. The molecule has 0 N–H and O–H groups in total. The Bertz CT molecular complexity index is 1430. The van der Waals surface area contributed by atoms with E-state index in [1.165, 1.54) is 54.6 Å². The Kier molecular flexibility index (Phi) is 8.77. The molecule has 4 aromatic carbocycles. The summed E-state index contributed by atoms with van der Waals surface area (Å²) in [5, 5.41) is 0. The van der Waals surface area contributed by atoms with Crippen LogP contribution in [0.3, 0.4) is 0 Å². The van der Waals surface area contributed by atoms with E-state index < -0.39 is 0 Å². The van der Waals surface area contributed by atoms with Crippen LogP contribution in [0.2, 0.25) is 0 Å². The minimum absolute atomic E-state index is 0.160. The number of likely N-dealkylation sites (tertiary alicyclic amines) is 1. The molecule has 210 valence electrons. The molecule has 0 bridgehead atoms. The van der Waals surface area contributed by atoms with Gasteiger partial charge in [-0.25, -0.2) is 4.39 Å². The average Bonchev–Trinajstić information content (AvgIpc) is 3.02. The first-order valence-corrected chi connectivity index (χ1v) is 15.0. The van der Waals surface area contributed by atoms with Crippen LogP contribution in [0.1, 0.15) is 53.1 Å². The number of nitrogens with zero attached hydrogens (tertiary/aromatic N) is 2. The van der Waals surface area contributed by atoms with Crippen LogP contribution in [0.15, 0.2) is 103 Å². The quantitative estimate of drug-likeness (QED) is 0.210. The van der Waals surface area contributed by atoms with Gasteiger partial charge in [-0.3, -0.25) is 4.90 Å². The second kappa shape index (κ2) is 13.2. The molecule has 2 aliphatic rings. The molecule has 4 aromatic rings. The Morgan fingerprint density at radius 1 is 0.780 bits per heavy atom. The van der Waals surface area contributed by atoms with E-state index in [4.69, 9.17) is 4.74 Å². The lowest BCUT2D eigenvalue weighted by molar-refractivity contribution is 0.252. The first-order valence-electron chi connectivity index (χ1n) is 15.0. The van der Waals surface area contributed by atoms with Crippen molar-refractivity contribution in [3.05, 3.63) is 137 Å². The zero-order chi connectivity index (χ0) is 27.9. The van der Waals surface area contributed by atoms with Crippen molar-refractivity contribution >= 4 is 11.8 Å². The first-order chi connectivity index (χ1) is 20.2. The Morgan fingerprint density at radius 3 is 2.34 bits per heavy atom. The van der Waals surface area contributed by atoms with Crippen LogP contribution in [0, 0.1) is 5.82 Å². The highest BCUT2D eigenvalue weighted by Gasteiger charge is 2.28. The van der Waals surface area contributed by atoms with E-state index >= 15 is 0 Å². The molecular formula is C37H39FN2O. The van der Waals surface area contributed by atoms with E-state index in [0.29, 0.717) is 6.61 Å². The number of piperidine rings is 1. The van der Waals surface area contributed by atoms with Crippen LogP contribution >= 0.6 is 0 Å². The molecule has 6 rings (SSSR count). The molecule has 0 saturated carbocycles. The second-order valence-electron chi connectivity index (χ2n) is 11.3. The molecule has 0 spiro atoms. The molecule has 1 unspecified atom stereocenters. The number of benzene rings is 4. The van der Waals surface area contributed by atoms with Crippen molar-refractivity contribution < 1.29 is 9.13 Å². The van der Waals surface area contributed by atoms with Gasteiger partial charge in [-0.15, -0.1) is 0 Å². The molecule has 3 nitrogen and oxygen atoms in total. The van der Waals surface area contributed by atoms with Gasteiger partial charge >= 0.3 is 0 Å². The highest BCUT2D eigenvalue weighted by molar-refractivity contribution is 5.54. The van der Waals surface area contributed by atoms with Crippen molar-refractivity contribution in [3.8, 4) is 5.75 Å². The average molecular weight is 547 g/mol. The molecule has 1 atom stereocenters. The Hall–Kier alpha value is -3.89. The molecule has 41 heavy (non-hydrogen) atoms. The SMILES string of the molecule is Fc1ccc(N2CCc3cc(OCc4ccccc4)ccc3C2Cc2ccc(/C=C/CN3CCCCC3)cc2)cc1. The normalized spacial score (nSPS) is 17.5. The van der Waals surface area contributed by atoms with Gasteiger partial charge in [0.2, 0.25) is 0 Å². The standard InChI is InChI=1S/C37H39FN2O/c38-33-15-17-34(18-16-33)40-25-21-32-27-35(41-28-31-8-3-1-4-9-31)19-20-36(32)37(40)26-30-13-11-29(12-14-30)10-7-24-39-22-5-2-6-23-39/h1,3-4,7-20,27,37H,2,5-6,21-26,28H2/b10-7+. The molecule has 0 amide bonds. The minimum atomic E-state index is -0.202. The lowest BCUT2D eigenvalue weighted by atomic mass is 9.88. The zero-order valence-corrected chi connectivity index (χ0v) is 23.7. The summed E-state index contributed by atoms with van der Waals surface area (Å²) in [5.41, 5.74) is 7.41. The van der Waals surface area contributed by atoms with Crippen molar-refractivity contribution in [2.45, 2.75) is 44.8 Å². The maximum atomic E-state index is 13.8. The first kappa shape index (κ1) is 27.3. The number of hydrogen-bond donors (Lipinski definition) is 0. The number of anilines is 1. The van der Waals surface area contributed by atoms with Gasteiger partial charge in [0.1, 0.15) is 18.2 Å². The van der Waals surface area contributed by atoms with E-state index in [9.17, 15) is 4.39 Å². The van der Waals surface area contributed by atoms with Gasteiger partial charge in [0, 0.05) is 18.8 Å². The van der Waals surface area contributed by atoms with Crippen molar-refractivity contribution in [1.29, 1.82) is 0 Å². The summed E-state index contributed by atoms with van der Waals surface area (Å²) in [6, 6.07) is 32.9. The van der Waals surface area contributed by atoms with E-state index in [2.05, 4.69) is 76.5 Å². The van der Waals surface area contributed by atoms with Crippen LogP contribution < -0.4 is 9.64 Å². The fraction of sp³-hybridized carbons (Fsp3) is 0.297. The van der Waals surface area contributed by atoms with Crippen LogP contribution in [-0.4, -0.2) is 31.1 Å². The lowest BCUT2D eigenvalue weighted by Gasteiger charge is -2.39. The van der Waals surface area contributed by atoms with Crippen molar-refractivity contribution in [1.82, 2.24) is 4.90 Å². The fourth-order valence-corrected chi connectivity index (χ4v) is 6.15. The molecule has 0 aliphatic carbocycles. The van der Waals surface area contributed by atoms with Gasteiger partial charge in [0.05, 0.1) is 6.04 Å². The van der Waals surface area contributed by atoms with E-state index in [-0.39, 0.29) is 11.9 Å². The Balaban J connectivity index is 1.19. The summed E-state index contributed by atoms with van der Waals surface area (Å²) < 4.78 is 19.9. The second-order valence-corrected chi connectivity index (χ2v) is 11.3. The Labute approximate surface area is 243 Å². The van der Waals surface area contributed by atoms with Crippen molar-refractivity contribution in [3.63, 3.8) is 0 Å². The Morgan fingerprint density at radius 2 is 1.56 bits per heavy atom. The summed E-state index contributed by atoms with van der Waals surface area (Å²) in [6.45, 7) is 4.91.